The number of carbonyl (C=O) groups excluding carboxylic acids is 1. The Hall–Kier alpha value is -2.49. The Balaban J connectivity index is 1.88. The average Bonchev–Trinajstić information content (AvgIpc) is 2.50. The van der Waals surface area contributed by atoms with Crippen LogP contribution in [0.25, 0.3) is 0 Å². The van der Waals surface area contributed by atoms with Crippen molar-refractivity contribution in [2.24, 2.45) is 0 Å². The Labute approximate surface area is 131 Å². The van der Waals surface area contributed by atoms with Gasteiger partial charge in [0.15, 0.2) is 0 Å². The number of amides is 1. The van der Waals surface area contributed by atoms with Gasteiger partial charge in [-0.25, -0.2) is 0 Å². The fourth-order valence-electron chi connectivity index (χ4n) is 2.11. The van der Waals surface area contributed by atoms with Crippen LogP contribution in [0.1, 0.15) is 18.1 Å². The molecule has 0 aliphatic carbocycles. The van der Waals surface area contributed by atoms with Crippen molar-refractivity contribution < 1.29 is 9.53 Å². The van der Waals surface area contributed by atoms with Crippen LogP contribution in [0.15, 0.2) is 42.5 Å². The normalized spacial score (nSPS) is 10.1. The summed E-state index contributed by atoms with van der Waals surface area (Å²) in [6.07, 6.45) is 0. The summed E-state index contributed by atoms with van der Waals surface area (Å²) < 4.78 is 5.37. The molecule has 0 aliphatic heterocycles. The fourth-order valence-corrected chi connectivity index (χ4v) is 2.11. The van der Waals surface area contributed by atoms with E-state index in [1.165, 1.54) is 5.56 Å². The van der Waals surface area contributed by atoms with Crippen LogP contribution in [0.3, 0.4) is 0 Å². The molecule has 0 spiro atoms. The second kappa shape index (κ2) is 7.50. The molecule has 116 valence electrons. The molecule has 0 heterocycles. The van der Waals surface area contributed by atoms with Crippen LogP contribution in [0, 0.1) is 13.8 Å². The van der Waals surface area contributed by atoms with E-state index in [0.717, 1.165) is 22.7 Å². The predicted octanol–water partition coefficient (Wildman–Crippen LogP) is 3.75. The van der Waals surface area contributed by atoms with Gasteiger partial charge in [-0.1, -0.05) is 12.1 Å². The van der Waals surface area contributed by atoms with Crippen molar-refractivity contribution in [2.75, 3.05) is 23.8 Å². The highest BCUT2D eigenvalue weighted by Gasteiger charge is 2.04. The number of nitrogens with one attached hydrogen (secondary N) is 2. The minimum atomic E-state index is -0.0786. The van der Waals surface area contributed by atoms with Crippen LogP contribution < -0.4 is 15.4 Å². The van der Waals surface area contributed by atoms with Crippen molar-refractivity contribution in [1.82, 2.24) is 0 Å². The third-order valence-corrected chi connectivity index (χ3v) is 3.28. The number of anilines is 2. The first-order chi connectivity index (χ1) is 10.6. The zero-order valence-electron chi connectivity index (χ0n) is 13.3. The molecule has 2 N–H and O–H groups in total. The van der Waals surface area contributed by atoms with E-state index in [0.29, 0.717) is 6.61 Å². The van der Waals surface area contributed by atoms with E-state index in [1.807, 2.05) is 57.2 Å². The molecule has 0 unspecified atom stereocenters. The monoisotopic (exact) mass is 298 g/mol. The maximum Gasteiger partial charge on any atom is 0.243 e. The highest BCUT2D eigenvalue weighted by molar-refractivity contribution is 5.93. The zero-order chi connectivity index (χ0) is 15.9. The van der Waals surface area contributed by atoms with Crippen LogP contribution >= 0.6 is 0 Å². The minimum absolute atomic E-state index is 0.0786. The number of carbonyl (C=O) groups is 1. The summed E-state index contributed by atoms with van der Waals surface area (Å²) >= 11 is 0. The molecule has 0 saturated heterocycles. The lowest BCUT2D eigenvalue weighted by molar-refractivity contribution is -0.114. The Bertz CT molecular complexity index is 636. The third-order valence-electron chi connectivity index (χ3n) is 3.28. The van der Waals surface area contributed by atoms with Crippen molar-refractivity contribution in [1.29, 1.82) is 0 Å². The van der Waals surface area contributed by atoms with Crippen molar-refractivity contribution in [3.8, 4) is 5.75 Å². The second-order valence-corrected chi connectivity index (χ2v) is 5.18. The number of aryl methyl sites for hydroxylation is 2. The van der Waals surface area contributed by atoms with Gasteiger partial charge in [-0.15, -0.1) is 0 Å². The smallest absolute Gasteiger partial charge is 0.243 e. The van der Waals surface area contributed by atoms with E-state index in [4.69, 9.17) is 4.74 Å². The lowest BCUT2D eigenvalue weighted by atomic mass is 10.1. The zero-order valence-corrected chi connectivity index (χ0v) is 13.3. The lowest BCUT2D eigenvalue weighted by Crippen LogP contribution is -2.22. The molecule has 0 radical (unpaired) electrons. The average molecular weight is 298 g/mol. The summed E-state index contributed by atoms with van der Waals surface area (Å²) in [4.78, 5) is 12.0. The molecule has 2 aromatic carbocycles. The van der Waals surface area contributed by atoms with Gasteiger partial charge in [0.2, 0.25) is 5.91 Å². The third kappa shape index (κ3) is 4.52. The Morgan fingerprint density at radius 1 is 1.09 bits per heavy atom. The van der Waals surface area contributed by atoms with Crippen molar-refractivity contribution in [3.63, 3.8) is 0 Å². The van der Waals surface area contributed by atoms with Gasteiger partial charge >= 0.3 is 0 Å². The molecular weight excluding hydrogens is 276 g/mol. The van der Waals surface area contributed by atoms with Gasteiger partial charge < -0.3 is 15.4 Å². The van der Waals surface area contributed by atoms with Crippen molar-refractivity contribution in [3.05, 3.63) is 53.6 Å². The Kier molecular flexibility index (Phi) is 5.42. The Morgan fingerprint density at radius 3 is 2.50 bits per heavy atom. The number of benzene rings is 2. The van der Waals surface area contributed by atoms with E-state index >= 15 is 0 Å². The van der Waals surface area contributed by atoms with Crippen LogP contribution in [-0.4, -0.2) is 19.1 Å². The summed E-state index contributed by atoms with van der Waals surface area (Å²) in [5, 5.41) is 6.03. The minimum Gasteiger partial charge on any atom is -0.494 e. The number of hydrogen-bond acceptors (Lipinski definition) is 3. The first kappa shape index (κ1) is 15.9. The van der Waals surface area contributed by atoms with Gasteiger partial charge in [-0.2, -0.15) is 0 Å². The van der Waals surface area contributed by atoms with Crippen molar-refractivity contribution in [2.45, 2.75) is 20.8 Å². The molecule has 0 bridgehead atoms. The van der Waals surface area contributed by atoms with E-state index in [2.05, 4.69) is 16.7 Å². The molecule has 4 nitrogen and oxygen atoms in total. The largest absolute Gasteiger partial charge is 0.494 e. The van der Waals surface area contributed by atoms with Crippen LogP contribution in [0.5, 0.6) is 5.75 Å². The maximum absolute atomic E-state index is 12.0. The highest BCUT2D eigenvalue weighted by Crippen LogP contribution is 2.17. The SMILES string of the molecule is CCOc1ccc(NC(=O)CNc2cc(C)ccc2C)cc1. The number of ether oxygens (including phenoxy) is 1. The molecule has 22 heavy (non-hydrogen) atoms. The van der Waals surface area contributed by atoms with Gasteiger partial charge in [0, 0.05) is 11.4 Å². The molecule has 4 heteroatoms. The lowest BCUT2D eigenvalue weighted by Gasteiger charge is -2.11. The van der Waals surface area contributed by atoms with Gasteiger partial charge in [0.1, 0.15) is 5.75 Å². The highest BCUT2D eigenvalue weighted by atomic mass is 16.5. The molecule has 2 rings (SSSR count). The Morgan fingerprint density at radius 2 is 1.82 bits per heavy atom. The summed E-state index contributed by atoms with van der Waals surface area (Å²) in [7, 11) is 0. The van der Waals surface area contributed by atoms with Crippen LogP contribution in [-0.2, 0) is 4.79 Å². The fraction of sp³-hybridized carbons (Fsp3) is 0.278. The van der Waals surface area contributed by atoms with E-state index in [1.54, 1.807) is 0 Å². The van der Waals surface area contributed by atoms with Gasteiger partial charge in [0.25, 0.3) is 0 Å². The van der Waals surface area contributed by atoms with Crippen LogP contribution in [0.2, 0.25) is 0 Å². The summed E-state index contributed by atoms with van der Waals surface area (Å²) in [6.45, 7) is 6.86. The quantitative estimate of drug-likeness (QED) is 0.854. The van der Waals surface area contributed by atoms with Crippen molar-refractivity contribution >= 4 is 17.3 Å². The molecular formula is C18H22N2O2. The van der Waals surface area contributed by atoms with Crippen LogP contribution in [0.4, 0.5) is 11.4 Å². The number of rotatable bonds is 6. The second-order valence-electron chi connectivity index (χ2n) is 5.18. The standard InChI is InChI=1S/C18H22N2O2/c1-4-22-16-9-7-15(8-10-16)20-18(21)12-19-17-11-13(2)5-6-14(17)3/h5-11,19H,4,12H2,1-3H3,(H,20,21). The molecule has 0 aliphatic rings. The molecule has 0 atom stereocenters. The van der Waals surface area contributed by atoms with E-state index < -0.39 is 0 Å². The summed E-state index contributed by atoms with van der Waals surface area (Å²) in [5.74, 6) is 0.721. The van der Waals surface area contributed by atoms with Gasteiger partial charge in [-0.3, -0.25) is 4.79 Å². The first-order valence-electron chi connectivity index (χ1n) is 7.42. The molecule has 2 aromatic rings. The first-order valence-corrected chi connectivity index (χ1v) is 7.42. The molecule has 0 saturated carbocycles. The van der Waals surface area contributed by atoms with E-state index in [-0.39, 0.29) is 12.5 Å². The van der Waals surface area contributed by atoms with E-state index in [9.17, 15) is 4.79 Å². The topological polar surface area (TPSA) is 50.4 Å². The predicted molar refractivity (Wildman–Crippen MR) is 90.6 cm³/mol. The maximum atomic E-state index is 12.0. The van der Waals surface area contributed by atoms with Gasteiger partial charge in [-0.05, 0) is 62.2 Å². The summed E-state index contributed by atoms with van der Waals surface area (Å²) in [6, 6.07) is 13.5. The molecule has 0 fully saturated rings. The summed E-state index contributed by atoms with van der Waals surface area (Å²) in [5.41, 5.74) is 4.04. The number of hydrogen-bond donors (Lipinski definition) is 2. The molecule has 0 aromatic heterocycles. The molecule has 1 amide bonds. The van der Waals surface area contributed by atoms with Gasteiger partial charge in [0.05, 0.1) is 13.2 Å².